The van der Waals surface area contributed by atoms with E-state index in [1.807, 2.05) is 54.6 Å². The van der Waals surface area contributed by atoms with Gasteiger partial charge in [0.15, 0.2) is 0 Å². The van der Waals surface area contributed by atoms with Crippen molar-refractivity contribution in [2.45, 2.75) is 23.5 Å². The highest BCUT2D eigenvalue weighted by molar-refractivity contribution is 7.89. The third kappa shape index (κ3) is 4.20. The summed E-state index contributed by atoms with van der Waals surface area (Å²) in [6, 6.07) is 25.9. The molecule has 0 saturated carbocycles. The number of urea groups is 1. The summed E-state index contributed by atoms with van der Waals surface area (Å²) in [6.07, 6.45) is 0.847. The van der Waals surface area contributed by atoms with E-state index in [1.165, 1.54) is 4.31 Å². The molecule has 176 valence electrons. The number of piperidine rings is 1. The zero-order valence-electron chi connectivity index (χ0n) is 18.8. The maximum atomic E-state index is 13.3. The molecule has 1 N–H and O–H groups in total. The van der Waals surface area contributed by atoms with Crippen LogP contribution in [0.4, 0.5) is 10.5 Å². The number of carbonyl (C=O) groups excluding carboxylic acids is 1. The fourth-order valence-corrected chi connectivity index (χ4v) is 6.51. The van der Waals surface area contributed by atoms with E-state index in [1.54, 1.807) is 35.2 Å². The van der Waals surface area contributed by atoms with Gasteiger partial charge in [-0.15, -0.1) is 0 Å². The number of anilines is 1. The third-order valence-corrected chi connectivity index (χ3v) is 8.50. The van der Waals surface area contributed by atoms with E-state index >= 15 is 0 Å². The summed E-state index contributed by atoms with van der Waals surface area (Å²) in [5, 5.41) is 3.04. The summed E-state index contributed by atoms with van der Waals surface area (Å²) in [5.74, 6) is 0. The van der Waals surface area contributed by atoms with Crippen LogP contribution in [0.25, 0.3) is 11.1 Å². The maximum absolute atomic E-state index is 13.3. The number of likely N-dealkylation sites (tertiary alicyclic amines) is 1. The molecule has 0 atom stereocenters. The molecule has 0 bridgehead atoms. The number of hydrogen-bond acceptors (Lipinski definition) is 4. The predicted octanol–water partition coefficient (Wildman–Crippen LogP) is 4.40. The molecule has 0 aromatic heterocycles. The lowest BCUT2D eigenvalue weighted by atomic mass is 10.0. The number of rotatable bonds is 4. The first-order valence-corrected chi connectivity index (χ1v) is 12.9. The summed E-state index contributed by atoms with van der Waals surface area (Å²) in [7, 11) is -3.68. The summed E-state index contributed by atoms with van der Waals surface area (Å²) >= 11 is 0. The summed E-state index contributed by atoms with van der Waals surface area (Å²) in [4.78, 5) is 15.1. The van der Waals surface area contributed by atoms with Gasteiger partial charge in [-0.05, 0) is 23.8 Å². The van der Waals surface area contributed by atoms with E-state index in [9.17, 15) is 13.2 Å². The Morgan fingerprint density at radius 3 is 2.15 bits per heavy atom. The first-order chi connectivity index (χ1) is 16.5. The topological polar surface area (TPSA) is 79.0 Å². The van der Waals surface area contributed by atoms with Crippen LogP contribution in [0.15, 0.2) is 89.8 Å². The van der Waals surface area contributed by atoms with Crippen molar-refractivity contribution in [3.8, 4) is 11.1 Å². The van der Waals surface area contributed by atoms with Crippen LogP contribution in [-0.4, -0.2) is 55.6 Å². The lowest BCUT2D eigenvalue weighted by Crippen LogP contribution is -2.56. The SMILES string of the molecule is O=C(Nc1ccccc1-c1ccccc1)N1CCC2(CC1)OCCN2S(=O)(=O)c1ccccc1. The summed E-state index contributed by atoms with van der Waals surface area (Å²) < 4.78 is 34.1. The van der Waals surface area contributed by atoms with Gasteiger partial charge in [0.2, 0.25) is 10.0 Å². The fraction of sp³-hybridized carbons (Fsp3) is 0.269. The van der Waals surface area contributed by atoms with Crippen molar-refractivity contribution >= 4 is 21.7 Å². The standard InChI is InChI=1S/C26H27N3O4S/c30-25(27-24-14-8-7-13-23(24)21-9-3-1-4-10-21)28-17-15-26(16-18-28)29(19-20-33-26)34(31,32)22-11-5-2-6-12-22/h1-14H,15-20H2,(H,27,30). The van der Waals surface area contributed by atoms with Gasteiger partial charge < -0.3 is 15.0 Å². The normalized spacial score (nSPS) is 18.2. The van der Waals surface area contributed by atoms with E-state index in [0.717, 1.165) is 16.8 Å². The van der Waals surface area contributed by atoms with Gasteiger partial charge in [-0.3, -0.25) is 0 Å². The zero-order valence-corrected chi connectivity index (χ0v) is 19.6. The second-order valence-corrected chi connectivity index (χ2v) is 10.4. The average molecular weight is 478 g/mol. The molecule has 0 unspecified atom stereocenters. The molecule has 2 fully saturated rings. The molecular weight excluding hydrogens is 450 g/mol. The van der Waals surface area contributed by atoms with Gasteiger partial charge in [0.25, 0.3) is 0 Å². The molecule has 2 heterocycles. The minimum atomic E-state index is -3.68. The second-order valence-electron chi connectivity index (χ2n) is 8.51. The molecule has 8 heteroatoms. The molecule has 2 amide bonds. The summed E-state index contributed by atoms with van der Waals surface area (Å²) in [6.45, 7) is 1.47. The van der Waals surface area contributed by atoms with Crippen molar-refractivity contribution in [3.05, 3.63) is 84.9 Å². The molecule has 5 rings (SSSR count). The van der Waals surface area contributed by atoms with Crippen LogP contribution in [0, 0.1) is 0 Å². The second kappa shape index (κ2) is 9.21. The van der Waals surface area contributed by atoms with Crippen LogP contribution in [0.5, 0.6) is 0 Å². The van der Waals surface area contributed by atoms with Gasteiger partial charge >= 0.3 is 6.03 Å². The Morgan fingerprint density at radius 2 is 1.44 bits per heavy atom. The van der Waals surface area contributed by atoms with Gasteiger partial charge in [-0.2, -0.15) is 4.31 Å². The van der Waals surface area contributed by atoms with Crippen LogP contribution in [0.3, 0.4) is 0 Å². The molecular formula is C26H27N3O4S. The Bertz CT molecular complexity index is 1260. The number of para-hydroxylation sites is 1. The Labute approximate surface area is 200 Å². The van der Waals surface area contributed by atoms with Gasteiger partial charge in [-0.25, -0.2) is 13.2 Å². The highest BCUT2D eigenvalue weighted by Gasteiger charge is 2.51. The zero-order chi connectivity index (χ0) is 23.6. The molecule has 0 aliphatic carbocycles. The molecule has 2 saturated heterocycles. The van der Waals surface area contributed by atoms with E-state index < -0.39 is 15.7 Å². The smallest absolute Gasteiger partial charge is 0.321 e. The van der Waals surface area contributed by atoms with Crippen molar-refractivity contribution in [2.24, 2.45) is 0 Å². The first kappa shape index (κ1) is 22.6. The van der Waals surface area contributed by atoms with Crippen LogP contribution in [0.2, 0.25) is 0 Å². The fourth-order valence-electron chi connectivity index (χ4n) is 4.76. The average Bonchev–Trinajstić information content (AvgIpc) is 3.29. The van der Waals surface area contributed by atoms with Crippen LogP contribution >= 0.6 is 0 Å². The number of ether oxygens (including phenoxy) is 1. The Hall–Kier alpha value is -3.20. The van der Waals surface area contributed by atoms with Crippen molar-refractivity contribution < 1.29 is 17.9 Å². The van der Waals surface area contributed by atoms with Crippen molar-refractivity contribution in [1.29, 1.82) is 0 Å². The summed E-state index contributed by atoms with van der Waals surface area (Å²) in [5.41, 5.74) is 1.80. The maximum Gasteiger partial charge on any atom is 0.321 e. The number of nitrogens with one attached hydrogen (secondary N) is 1. The van der Waals surface area contributed by atoms with Gasteiger partial charge in [-0.1, -0.05) is 66.7 Å². The molecule has 3 aromatic carbocycles. The molecule has 0 radical (unpaired) electrons. The number of hydrogen-bond donors (Lipinski definition) is 1. The van der Waals surface area contributed by atoms with Gasteiger partial charge in [0.1, 0.15) is 5.72 Å². The highest BCUT2D eigenvalue weighted by atomic mass is 32.2. The highest BCUT2D eigenvalue weighted by Crippen LogP contribution is 2.38. The van der Waals surface area contributed by atoms with Crippen LogP contribution < -0.4 is 5.32 Å². The number of amides is 2. The largest absolute Gasteiger partial charge is 0.358 e. The molecule has 2 aliphatic heterocycles. The first-order valence-electron chi connectivity index (χ1n) is 11.4. The Kier molecular flexibility index (Phi) is 6.12. The van der Waals surface area contributed by atoms with Crippen molar-refractivity contribution in [1.82, 2.24) is 9.21 Å². The molecule has 34 heavy (non-hydrogen) atoms. The monoisotopic (exact) mass is 477 g/mol. The number of sulfonamides is 1. The quantitative estimate of drug-likeness (QED) is 0.604. The van der Waals surface area contributed by atoms with E-state index in [0.29, 0.717) is 39.1 Å². The molecule has 1 spiro atoms. The lowest BCUT2D eigenvalue weighted by Gasteiger charge is -2.42. The van der Waals surface area contributed by atoms with Crippen LogP contribution in [0.1, 0.15) is 12.8 Å². The minimum absolute atomic E-state index is 0.200. The lowest BCUT2D eigenvalue weighted by molar-refractivity contribution is -0.0840. The van der Waals surface area contributed by atoms with Gasteiger partial charge in [0, 0.05) is 38.0 Å². The number of carbonyl (C=O) groups is 1. The third-order valence-electron chi connectivity index (χ3n) is 6.54. The Morgan fingerprint density at radius 1 is 0.824 bits per heavy atom. The van der Waals surface area contributed by atoms with E-state index in [4.69, 9.17) is 4.74 Å². The van der Waals surface area contributed by atoms with E-state index in [2.05, 4.69) is 5.32 Å². The molecule has 7 nitrogen and oxygen atoms in total. The van der Waals surface area contributed by atoms with Crippen molar-refractivity contribution in [2.75, 3.05) is 31.6 Å². The Balaban J connectivity index is 1.29. The minimum Gasteiger partial charge on any atom is -0.358 e. The number of benzene rings is 3. The molecule has 2 aliphatic rings. The predicted molar refractivity (Wildman–Crippen MR) is 131 cm³/mol. The van der Waals surface area contributed by atoms with Crippen molar-refractivity contribution in [3.63, 3.8) is 0 Å². The molecule has 3 aromatic rings. The van der Waals surface area contributed by atoms with E-state index in [-0.39, 0.29) is 10.9 Å². The number of nitrogens with zero attached hydrogens (tertiary/aromatic N) is 2. The van der Waals surface area contributed by atoms with Crippen LogP contribution in [-0.2, 0) is 14.8 Å². The van der Waals surface area contributed by atoms with Gasteiger partial charge in [0.05, 0.1) is 17.2 Å².